The Morgan fingerprint density at radius 2 is 2.04 bits per heavy atom. The van der Waals surface area contributed by atoms with Gasteiger partial charge < -0.3 is 13.7 Å². The second-order valence-corrected chi connectivity index (χ2v) is 5.99. The molecule has 3 heterocycles. The largest absolute Gasteiger partial charge is 0.462 e. The number of aryl methyl sites for hydroxylation is 1. The molecule has 0 N–H and O–H groups in total. The minimum absolute atomic E-state index is 0.00804. The van der Waals surface area contributed by atoms with E-state index in [1.807, 2.05) is 30.3 Å². The topological polar surface area (TPSA) is 113 Å². The van der Waals surface area contributed by atoms with Crippen molar-refractivity contribution in [3.05, 3.63) is 64.2 Å². The molecule has 0 amide bonds. The highest BCUT2D eigenvalue weighted by Gasteiger charge is 2.24. The third-order valence-electron chi connectivity index (χ3n) is 4.14. The molecular formula is C19H16N4O5. The van der Waals surface area contributed by atoms with Crippen LogP contribution in [0.15, 0.2) is 50.4 Å². The molecule has 0 unspecified atom stereocenters. The molecule has 0 bridgehead atoms. The predicted molar refractivity (Wildman–Crippen MR) is 97.8 cm³/mol. The Balaban J connectivity index is 1.71. The Labute approximate surface area is 158 Å². The summed E-state index contributed by atoms with van der Waals surface area (Å²) in [7, 11) is 0. The number of aromatic nitrogens is 4. The Morgan fingerprint density at radius 1 is 1.25 bits per heavy atom. The summed E-state index contributed by atoms with van der Waals surface area (Å²) >= 11 is 0. The fourth-order valence-electron chi connectivity index (χ4n) is 2.87. The van der Waals surface area contributed by atoms with Crippen LogP contribution >= 0.6 is 0 Å². The molecule has 9 heteroatoms. The fourth-order valence-corrected chi connectivity index (χ4v) is 2.87. The van der Waals surface area contributed by atoms with E-state index < -0.39 is 11.5 Å². The van der Waals surface area contributed by atoms with Crippen LogP contribution in [-0.4, -0.2) is 32.3 Å². The van der Waals surface area contributed by atoms with Crippen LogP contribution in [-0.2, 0) is 11.3 Å². The van der Waals surface area contributed by atoms with Crippen molar-refractivity contribution in [2.45, 2.75) is 20.4 Å². The molecule has 0 aliphatic rings. The van der Waals surface area contributed by atoms with Crippen molar-refractivity contribution < 1.29 is 18.5 Å². The number of ether oxygens (including phenoxy) is 1. The van der Waals surface area contributed by atoms with Crippen molar-refractivity contribution in [3.8, 4) is 11.4 Å². The monoisotopic (exact) mass is 380 g/mol. The predicted octanol–water partition coefficient (Wildman–Crippen LogP) is 2.57. The number of rotatable bonds is 5. The van der Waals surface area contributed by atoms with Crippen LogP contribution in [0.2, 0.25) is 0 Å². The van der Waals surface area contributed by atoms with Gasteiger partial charge in [0.05, 0.1) is 6.61 Å². The first kappa shape index (κ1) is 17.7. The first-order chi connectivity index (χ1) is 13.6. The first-order valence-corrected chi connectivity index (χ1v) is 8.62. The van der Waals surface area contributed by atoms with Gasteiger partial charge in [-0.2, -0.15) is 4.98 Å². The van der Waals surface area contributed by atoms with Crippen molar-refractivity contribution in [3.63, 3.8) is 0 Å². The highest BCUT2D eigenvalue weighted by atomic mass is 16.5. The zero-order chi connectivity index (χ0) is 19.7. The van der Waals surface area contributed by atoms with E-state index in [4.69, 9.17) is 13.7 Å². The smallest absolute Gasteiger partial charge is 0.342 e. The van der Waals surface area contributed by atoms with Crippen LogP contribution in [0.4, 0.5) is 0 Å². The van der Waals surface area contributed by atoms with Crippen molar-refractivity contribution >= 4 is 17.1 Å². The van der Waals surface area contributed by atoms with Gasteiger partial charge in [-0.3, -0.25) is 9.36 Å². The average molecular weight is 380 g/mol. The second kappa shape index (κ2) is 7.10. The van der Waals surface area contributed by atoms with E-state index in [2.05, 4.69) is 15.1 Å². The summed E-state index contributed by atoms with van der Waals surface area (Å²) in [6, 6.07) is 9.33. The molecule has 3 aromatic heterocycles. The first-order valence-electron chi connectivity index (χ1n) is 8.62. The lowest BCUT2D eigenvalue weighted by molar-refractivity contribution is 0.0526. The summed E-state index contributed by atoms with van der Waals surface area (Å²) in [5.74, 6) is 0.309. The van der Waals surface area contributed by atoms with Gasteiger partial charge in [0.25, 0.3) is 5.56 Å². The lowest BCUT2D eigenvalue weighted by Crippen LogP contribution is -2.22. The summed E-state index contributed by atoms with van der Waals surface area (Å²) in [6.07, 6.45) is 1.31. The number of nitrogens with zero attached hydrogens (tertiary/aromatic N) is 4. The molecule has 0 radical (unpaired) electrons. The lowest BCUT2D eigenvalue weighted by atomic mass is 10.2. The third-order valence-corrected chi connectivity index (χ3v) is 4.14. The summed E-state index contributed by atoms with van der Waals surface area (Å²) in [5.41, 5.74) is 0.509. The van der Waals surface area contributed by atoms with E-state index in [-0.39, 0.29) is 41.5 Å². The molecule has 142 valence electrons. The number of esters is 1. The number of carbonyl (C=O) groups is 1. The van der Waals surface area contributed by atoms with E-state index in [9.17, 15) is 9.59 Å². The Bertz CT molecular complexity index is 1210. The van der Waals surface area contributed by atoms with E-state index in [1.165, 1.54) is 10.9 Å². The number of fused-ring (bicyclic) bond motifs is 1. The Kier molecular flexibility index (Phi) is 4.48. The Morgan fingerprint density at radius 3 is 2.79 bits per heavy atom. The van der Waals surface area contributed by atoms with Gasteiger partial charge in [0.1, 0.15) is 29.6 Å². The van der Waals surface area contributed by atoms with Crippen LogP contribution in [0.3, 0.4) is 0 Å². The zero-order valence-electron chi connectivity index (χ0n) is 15.2. The maximum Gasteiger partial charge on any atom is 0.342 e. The van der Waals surface area contributed by atoms with E-state index in [0.717, 1.165) is 5.56 Å². The summed E-state index contributed by atoms with van der Waals surface area (Å²) in [6.45, 7) is 3.46. The van der Waals surface area contributed by atoms with Crippen LogP contribution in [0.1, 0.15) is 28.9 Å². The molecule has 9 nitrogen and oxygen atoms in total. The Hall–Kier alpha value is -3.75. The molecule has 0 fully saturated rings. The molecule has 0 spiro atoms. The maximum atomic E-state index is 12.9. The molecule has 0 saturated carbocycles. The van der Waals surface area contributed by atoms with Crippen molar-refractivity contribution in [1.29, 1.82) is 0 Å². The van der Waals surface area contributed by atoms with Gasteiger partial charge in [-0.25, -0.2) is 9.78 Å². The summed E-state index contributed by atoms with van der Waals surface area (Å²) < 4.78 is 17.0. The minimum atomic E-state index is -0.625. The highest BCUT2D eigenvalue weighted by molar-refractivity contribution is 6.03. The fraction of sp³-hybridized carbons (Fsp3) is 0.211. The van der Waals surface area contributed by atoms with Gasteiger partial charge >= 0.3 is 5.97 Å². The standard InChI is InChI=1S/C19H16N4O5/c1-3-26-19(25)14-11(2)27-17-15(14)18(24)23(10-20-17)9-13-21-16(22-28-13)12-7-5-4-6-8-12/h4-8,10H,3,9H2,1-2H3. The van der Waals surface area contributed by atoms with Crippen LogP contribution in [0.5, 0.6) is 0 Å². The van der Waals surface area contributed by atoms with Crippen LogP contribution < -0.4 is 5.56 Å². The number of hydrogen-bond donors (Lipinski definition) is 0. The minimum Gasteiger partial charge on any atom is -0.462 e. The number of hydrogen-bond acceptors (Lipinski definition) is 8. The van der Waals surface area contributed by atoms with E-state index in [0.29, 0.717) is 5.82 Å². The number of carbonyl (C=O) groups excluding carboxylic acids is 1. The summed E-state index contributed by atoms with van der Waals surface area (Å²) in [5, 5.41) is 4.00. The van der Waals surface area contributed by atoms with Gasteiger partial charge in [0.15, 0.2) is 0 Å². The molecule has 0 atom stereocenters. The van der Waals surface area contributed by atoms with Crippen LogP contribution in [0, 0.1) is 6.92 Å². The van der Waals surface area contributed by atoms with Gasteiger partial charge in [-0.15, -0.1) is 0 Å². The molecule has 4 rings (SSSR count). The molecule has 1 aromatic carbocycles. The molecule has 0 aliphatic heterocycles. The highest BCUT2D eigenvalue weighted by Crippen LogP contribution is 2.22. The SMILES string of the molecule is CCOC(=O)c1c(C)oc2ncn(Cc3nc(-c4ccccc4)no3)c(=O)c12. The van der Waals surface area contributed by atoms with Gasteiger partial charge in [-0.1, -0.05) is 35.5 Å². The summed E-state index contributed by atoms with van der Waals surface area (Å²) in [4.78, 5) is 33.6. The zero-order valence-corrected chi connectivity index (χ0v) is 15.2. The second-order valence-electron chi connectivity index (χ2n) is 5.99. The molecular weight excluding hydrogens is 364 g/mol. The van der Waals surface area contributed by atoms with Crippen LogP contribution in [0.25, 0.3) is 22.5 Å². The van der Waals surface area contributed by atoms with Gasteiger partial charge in [0.2, 0.25) is 17.4 Å². The van der Waals surface area contributed by atoms with E-state index >= 15 is 0 Å². The van der Waals surface area contributed by atoms with Gasteiger partial charge in [0, 0.05) is 5.56 Å². The maximum absolute atomic E-state index is 12.9. The average Bonchev–Trinajstić information content (AvgIpc) is 3.29. The normalized spacial score (nSPS) is 11.1. The lowest BCUT2D eigenvalue weighted by Gasteiger charge is -2.02. The van der Waals surface area contributed by atoms with Crippen molar-refractivity contribution in [2.24, 2.45) is 0 Å². The molecule has 0 aliphatic carbocycles. The molecule has 0 saturated heterocycles. The number of benzene rings is 1. The molecule has 28 heavy (non-hydrogen) atoms. The van der Waals surface area contributed by atoms with E-state index in [1.54, 1.807) is 13.8 Å². The van der Waals surface area contributed by atoms with Crippen molar-refractivity contribution in [1.82, 2.24) is 19.7 Å². The number of furan rings is 1. The quantitative estimate of drug-likeness (QED) is 0.485. The van der Waals surface area contributed by atoms with Gasteiger partial charge in [-0.05, 0) is 13.8 Å². The molecule has 4 aromatic rings. The van der Waals surface area contributed by atoms with Crippen molar-refractivity contribution in [2.75, 3.05) is 6.61 Å². The third kappa shape index (κ3) is 3.07.